The van der Waals surface area contributed by atoms with E-state index in [1.54, 1.807) is 0 Å². The highest BCUT2D eigenvalue weighted by atomic mass is 15.4. The van der Waals surface area contributed by atoms with Crippen LogP contribution in [0.5, 0.6) is 0 Å². The lowest BCUT2D eigenvalue weighted by molar-refractivity contribution is 0.221. The van der Waals surface area contributed by atoms with E-state index < -0.39 is 0 Å². The van der Waals surface area contributed by atoms with Gasteiger partial charge < -0.3 is 5.32 Å². The summed E-state index contributed by atoms with van der Waals surface area (Å²) < 4.78 is 2.37. The van der Waals surface area contributed by atoms with Gasteiger partial charge in [0.15, 0.2) is 0 Å². The van der Waals surface area contributed by atoms with Gasteiger partial charge in [-0.1, -0.05) is 32.1 Å². The molecular weight excluding hydrogens is 246 g/mol. The van der Waals surface area contributed by atoms with E-state index in [9.17, 15) is 0 Å². The SMILES string of the molecule is c1c(C2CCCC2)nn2c1NCCC2C1CCCCC1. The van der Waals surface area contributed by atoms with Crippen LogP contribution in [0.3, 0.4) is 0 Å². The largest absolute Gasteiger partial charge is 0.370 e. The maximum absolute atomic E-state index is 5.04. The number of hydrogen-bond acceptors (Lipinski definition) is 2. The van der Waals surface area contributed by atoms with Crippen LogP contribution in [0.4, 0.5) is 5.82 Å². The van der Waals surface area contributed by atoms with Crippen LogP contribution in [-0.2, 0) is 0 Å². The number of aromatic nitrogens is 2. The third-order valence-electron chi connectivity index (χ3n) is 5.78. The van der Waals surface area contributed by atoms with Crippen molar-refractivity contribution in [3.63, 3.8) is 0 Å². The van der Waals surface area contributed by atoms with Crippen LogP contribution in [0.1, 0.15) is 81.9 Å². The predicted molar refractivity (Wildman–Crippen MR) is 82.2 cm³/mol. The Morgan fingerprint density at radius 3 is 2.50 bits per heavy atom. The second-order valence-electron chi connectivity index (χ2n) is 7.06. The van der Waals surface area contributed by atoms with Crippen LogP contribution in [-0.4, -0.2) is 16.3 Å². The fourth-order valence-electron chi connectivity index (χ4n) is 4.64. The van der Waals surface area contributed by atoms with Crippen LogP contribution < -0.4 is 5.32 Å². The van der Waals surface area contributed by atoms with Crippen LogP contribution in [0, 0.1) is 5.92 Å². The lowest BCUT2D eigenvalue weighted by Gasteiger charge is -2.34. The molecule has 1 aromatic heterocycles. The van der Waals surface area contributed by atoms with Crippen molar-refractivity contribution in [3.05, 3.63) is 11.8 Å². The first kappa shape index (κ1) is 12.7. The van der Waals surface area contributed by atoms with Crippen molar-refractivity contribution >= 4 is 5.82 Å². The molecule has 3 nitrogen and oxygen atoms in total. The standard InChI is InChI=1S/C17H27N3/c1-2-8-14(9-3-1)16-10-11-18-17-12-15(19-20(16)17)13-6-4-5-7-13/h12-14,16,18H,1-11H2. The van der Waals surface area contributed by atoms with Gasteiger partial charge in [0.2, 0.25) is 0 Å². The first-order chi connectivity index (χ1) is 9.92. The molecule has 0 bridgehead atoms. The van der Waals surface area contributed by atoms with E-state index in [0.717, 1.165) is 18.4 Å². The van der Waals surface area contributed by atoms with Crippen LogP contribution in [0.25, 0.3) is 0 Å². The fraction of sp³-hybridized carbons (Fsp3) is 0.824. The quantitative estimate of drug-likeness (QED) is 0.861. The van der Waals surface area contributed by atoms with Gasteiger partial charge in [0.25, 0.3) is 0 Å². The minimum Gasteiger partial charge on any atom is -0.370 e. The molecule has 1 unspecified atom stereocenters. The Morgan fingerprint density at radius 2 is 1.70 bits per heavy atom. The van der Waals surface area contributed by atoms with Crippen molar-refractivity contribution in [2.24, 2.45) is 5.92 Å². The van der Waals surface area contributed by atoms with Crippen molar-refractivity contribution in [3.8, 4) is 0 Å². The molecule has 110 valence electrons. The molecule has 3 aliphatic rings. The van der Waals surface area contributed by atoms with Crippen molar-refractivity contribution < 1.29 is 0 Å². The number of hydrogen-bond donors (Lipinski definition) is 1. The maximum atomic E-state index is 5.04. The zero-order valence-corrected chi connectivity index (χ0v) is 12.5. The normalized spacial score (nSPS) is 28.3. The summed E-state index contributed by atoms with van der Waals surface area (Å²) in [5.41, 5.74) is 1.37. The monoisotopic (exact) mass is 273 g/mol. The minimum absolute atomic E-state index is 0.668. The van der Waals surface area contributed by atoms with E-state index in [1.807, 2.05) is 0 Å². The summed E-state index contributed by atoms with van der Waals surface area (Å²) in [7, 11) is 0. The Balaban J connectivity index is 1.59. The Labute approximate surface area is 122 Å². The van der Waals surface area contributed by atoms with Gasteiger partial charge in [0.05, 0.1) is 11.7 Å². The zero-order chi connectivity index (χ0) is 13.4. The van der Waals surface area contributed by atoms with Gasteiger partial charge in [0.1, 0.15) is 5.82 Å². The number of nitrogens with one attached hydrogen (secondary N) is 1. The van der Waals surface area contributed by atoms with Crippen LogP contribution in [0.15, 0.2) is 6.07 Å². The second kappa shape index (κ2) is 5.42. The highest BCUT2D eigenvalue weighted by Crippen LogP contribution is 2.40. The van der Waals surface area contributed by atoms with E-state index in [2.05, 4.69) is 16.1 Å². The predicted octanol–water partition coefficient (Wildman–Crippen LogP) is 4.48. The maximum Gasteiger partial charge on any atom is 0.124 e. The van der Waals surface area contributed by atoms with E-state index >= 15 is 0 Å². The Kier molecular flexibility index (Phi) is 3.45. The second-order valence-corrected chi connectivity index (χ2v) is 7.06. The molecule has 1 aliphatic heterocycles. The first-order valence-corrected chi connectivity index (χ1v) is 8.75. The molecule has 0 radical (unpaired) electrons. The highest BCUT2D eigenvalue weighted by Gasteiger charge is 2.31. The number of rotatable bonds is 2. The molecule has 2 heterocycles. The van der Waals surface area contributed by atoms with Crippen molar-refractivity contribution in [2.45, 2.75) is 76.2 Å². The summed E-state index contributed by atoms with van der Waals surface area (Å²) in [4.78, 5) is 0. The molecule has 0 spiro atoms. The molecule has 2 fully saturated rings. The summed E-state index contributed by atoms with van der Waals surface area (Å²) >= 11 is 0. The molecule has 2 saturated carbocycles. The van der Waals surface area contributed by atoms with Gasteiger partial charge in [0, 0.05) is 18.5 Å². The lowest BCUT2D eigenvalue weighted by Crippen LogP contribution is -2.30. The summed E-state index contributed by atoms with van der Waals surface area (Å²) in [6, 6.07) is 3.02. The summed E-state index contributed by atoms with van der Waals surface area (Å²) in [6.45, 7) is 1.14. The van der Waals surface area contributed by atoms with Crippen molar-refractivity contribution in [1.82, 2.24) is 9.78 Å². The lowest BCUT2D eigenvalue weighted by atomic mass is 9.82. The van der Waals surface area contributed by atoms with E-state index in [1.165, 1.54) is 75.7 Å². The Bertz CT molecular complexity index is 453. The smallest absolute Gasteiger partial charge is 0.124 e. The molecule has 0 amide bonds. The summed E-state index contributed by atoms with van der Waals surface area (Å²) in [5.74, 6) is 2.91. The molecule has 1 atom stereocenters. The van der Waals surface area contributed by atoms with E-state index in [4.69, 9.17) is 5.10 Å². The third kappa shape index (κ3) is 2.25. The average Bonchev–Trinajstić information content (AvgIpc) is 3.16. The highest BCUT2D eigenvalue weighted by molar-refractivity contribution is 5.40. The fourth-order valence-corrected chi connectivity index (χ4v) is 4.64. The van der Waals surface area contributed by atoms with Crippen LogP contribution >= 0.6 is 0 Å². The molecule has 1 N–H and O–H groups in total. The number of anilines is 1. The molecule has 2 aliphatic carbocycles. The van der Waals surface area contributed by atoms with Gasteiger partial charge >= 0.3 is 0 Å². The van der Waals surface area contributed by atoms with Gasteiger partial charge in [-0.3, -0.25) is 0 Å². The Hall–Kier alpha value is -0.990. The van der Waals surface area contributed by atoms with Gasteiger partial charge in [-0.25, -0.2) is 4.68 Å². The Morgan fingerprint density at radius 1 is 0.950 bits per heavy atom. The molecule has 0 saturated heterocycles. The minimum atomic E-state index is 0.668. The van der Waals surface area contributed by atoms with Crippen molar-refractivity contribution in [1.29, 1.82) is 0 Å². The number of fused-ring (bicyclic) bond motifs is 1. The van der Waals surface area contributed by atoms with E-state index in [-0.39, 0.29) is 0 Å². The first-order valence-electron chi connectivity index (χ1n) is 8.75. The molecular formula is C17H27N3. The zero-order valence-electron chi connectivity index (χ0n) is 12.5. The third-order valence-corrected chi connectivity index (χ3v) is 5.78. The van der Waals surface area contributed by atoms with Gasteiger partial charge in [-0.05, 0) is 38.0 Å². The van der Waals surface area contributed by atoms with Gasteiger partial charge in [-0.15, -0.1) is 0 Å². The number of nitrogens with zero attached hydrogens (tertiary/aromatic N) is 2. The summed E-state index contributed by atoms with van der Waals surface area (Å²) in [6.07, 6.45) is 13.9. The molecule has 20 heavy (non-hydrogen) atoms. The summed E-state index contributed by atoms with van der Waals surface area (Å²) in [5, 5.41) is 8.62. The molecule has 3 heteroatoms. The van der Waals surface area contributed by atoms with Crippen LogP contribution in [0.2, 0.25) is 0 Å². The molecule has 4 rings (SSSR count). The van der Waals surface area contributed by atoms with E-state index in [0.29, 0.717) is 6.04 Å². The topological polar surface area (TPSA) is 29.9 Å². The average molecular weight is 273 g/mol. The van der Waals surface area contributed by atoms with Gasteiger partial charge in [-0.2, -0.15) is 5.10 Å². The molecule has 1 aromatic rings. The molecule has 0 aromatic carbocycles. The van der Waals surface area contributed by atoms with Crippen molar-refractivity contribution in [2.75, 3.05) is 11.9 Å².